The van der Waals surface area contributed by atoms with E-state index in [4.69, 9.17) is 0 Å². The van der Waals surface area contributed by atoms with Gasteiger partial charge < -0.3 is 15.7 Å². The molecule has 6 rings (SSSR count). The number of hydrogen-bond donors (Lipinski definition) is 3. The molecule has 4 aliphatic carbocycles. The Bertz CT molecular complexity index is 962. The number of carbonyl (C=O) groups is 2. The number of aryl methyl sites for hydroxylation is 1. The molecule has 0 spiro atoms. The van der Waals surface area contributed by atoms with Crippen LogP contribution in [-0.2, 0) is 17.8 Å². The molecule has 4 fully saturated rings. The highest BCUT2D eigenvalue weighted by Gasteiger charge is 2.54. The summed E-state index contributed by atoms with van der Waals surface area (Å²) in [5.41, 5.74) is 2.68. The van der Waals surface area contributed by atoms with Crippen molar-refractivity contribution in [1.82, 2.24) is 10.6 Å². The van der Waals surface area contributed by atoms with Gasteiger partial charge in [-0.05, 0) is 105 Å². The Kier molecular flexibility index (Phi) is 6.13. The SMILES string of the molecule is O=C(NCCCc1ccc(O)cc1)c1ccc(CNC(=O)C23CC4CC(CC(C4)C2)C3)cc1. The number of phenolic OH excluding ortho intramolecular Hbond substituents is 1. The first kappa shape index (κ1) is 22.0. The molecule has 0 saturated heterocycles. The van der Waals surface area contributed by atoms with Crippen LogP contribution in [0.15, 0.2) is 48.5 Å². The first-order chi connectivity index (χ1) is 16.0. The highest BCUT2D eigenvalue weighted by atomic mass is 16.3. The van der Waals surface area contributed by atoms with Gasteiger partial charge in [-0.25, -0.2) is 0 Å². The summed E-state index contributed by atoms with van der Waals surface area (Å²) in [6.45, 7) is 1.12. The Balaban J connectivity index is 1.07. The van der Waals surface area contributed by atoms with Gasteiger partial charge in [0.05, 0.1) is 0 Å². The summed E-state index contributed by atoms with van der Waals surface area (Å²) in [5.74, 6) is 2.73. The van der Waals surface area contributed by atoms with Crippen molar-refractivity contribution in [2.75, 3.05) is 6.54 Å². The smallest absolute Gasteiger partial charge is 0.251 e. The summed E-state index contributed by atoms with van der Waals surface area (Å²) in [7, 11) is 0. The molecule has 0 atom stereocenters. The maximum atomic E-state index is 13.1. The lowest BCUT2D eigenvalue weighted by Crippen LogP contribution is -2.53. The van der Waals surface area contributed by atoms with Gasteiger partial charge in [0.15, 0.2) is 0 Å². The maximum Gasteiger partial charge on any atom is 0.251 e. The highest BCUT2D eigenvalue weighted by molar-refractivity contribution is 5.94. The summed E-state index contributed by atoms with van der Waals surface area (Å²) in [6.07, 6.45) is 8.95. The zero-order valence-electron chi connectivity index (χ0n) is 19.2. The molecule has 4 bridgehead atoms. The van der Waals surface area contributed by atoms with Crippen LogP contribution in [0, 0.1) is 23.2 Å². The van der Waals surface area contributed by atoms with Crippen LogP contribution >= 0.6 is 0 Å². The largest absolute Gasteiger partial charge is 0.508 e. The van der Waals surface area contributed by atoms with Gasteiger partial charge in [-0.15, -0.1) is 0 Å². The van der Waals surface area contributed by atoms with Crippen LogP contribution in [0.3, 0.4) is 0 Å². The molecule has 2 aromatic carbocycles. The molecule has 0 aromatic heterocycles. The topological polar surface area (TPSA) is 78.4 Å². The van der Waals surface area contributed by atoms with Gasteiger partial charge in [0, 0.05) is 24.1 Å². The van der Waals surface area contributed by atoms with Crippen LogP contribution in [0.1, 0.15) is 66.4 Å². The van der Waals surface area contributed by atoms with Crippen molar-refractivity contribution in [3.63, 3.8) is 0 Å². The molecule has 174 valence electrons. The molecule has 2 aromatic rings. The molecule has 4 saturated carbocycles. The molecule has 5 heteroatoms. The van der Waals surface area contributed by atoms with Gasteiger partial charge in [-0.1, -0.05) is 24.3 Å². The Morgan fingerprint density at radius 1 is 0.818 bits per heavy atom. The summed E-state index contributed by atoms with van der Waals surface area (Å²) in [4.78, 5) is 25.5. The van der Waals surface area contributed by atoms with E-state index in [1.165, 1.54) is 19.3 Å². The number of aromatic hydroxyl groups is 1. The fraction of sp³-hybridized carbons (Fsp3) is 0.500. The number of amides is 2. The minimum Gasteiger partial charge on any atom is -0.508 e. The Labute approximate surface area is 196 Å². The van der Waals surface area contributed by atoms with Crippen molar-refractivity contribution in [3.8, 4) is 5.75 Å². The van der Waals surface area contributed by atoms with Crippen molar-refractivity contribution >= 4 is 11.8 Å². The number of rotatable bonds is 8. The normalized spacial score (nSPS) is 27.3. The predicted molar refractivity (Wildman–Crippen MR) is 128 cm³/mol. The second-order valence-electron chi connectivity index (χ2n) is 10.6. The van der Waals surface area contributed by atoms with Crippen molar-refractivity contribution in [1.29, 1.82) is 0 Å². The number of phenols is 1. The lowest BCUT2D eigenvalue weighted by atomic mass is 9.49. The van der Waals surface area contributed by atoms with Crippen LogP contribution in [0.2, 0.25) is 0 Å². The molecule has 2 amide bonds. The van der Waals surface area contributed by atoms with E-state index >= 15 is 0 Å². The standard InChI is InChI=1S/C28H34N2O3/c31-25-9-5-19(6-10-25)2-1-11-29-26(32)24-7-3-20(4-8-24)18-30-27(33)28-15-21-12-22(16-28)14-23(13-21)17-28/h3-10,21-23,31H,1-2,11-18H2,(H,29,32)(H,30,33). The van der Waals surface area contributed by atoms with Gasteiger partial charge >= 0.3 is 0 Å². The third-order valence-corrected chi connectivity index (χ3v) is 8.05. The minimum atomic E-state index is -0.116. The molecule has 0 radical (unpaired) electrons. The summed E-state index contributed by atoms with van der Waals surface area (Å²) < 4.78 is 0. The van der Waals surface area contributed by atoms with Crippen molar-refractivity contribution in [3.05, 3.63) is 65.2 Å². The average Bonchev–Trinajstić information content (AvgIpc) is 2.81. The van der Waals surface area contributed by atoms with E-state index in [1.54, 1.807) is 12.1 Å². The lowest BCUT2D eigenvalue weighted by Gasteiger charge is -2.55. The second-order valence-corrected chi connectivity index (χ2v) is 10.6. The Morgan fingerprint density at radius 3 is 2.00 bits per heavy atom. The average molecular weight is 447 g/mol. The van der Waals surface area contributed by atoms with Crippen molar-refractivity contribution < 1.29 is 14.7 Å². The van der Waals surface area contributed by atoms with E-state index < -0.39 is 0 Å². The summed E-state index contributed by atoms with van der Waals surface area (Å²) in [6, 6.07) is 14.7. The molecule has 0 unspecified atom stereocenters. The van der Waals surface area contributed by atoms with Crippen LogP contribution in [0.4, 0.5) is 0 Å². The van der Waals surface area contributed by atoms with E-state index in [2.05, 4.69) is 10.6 Å². The van der Waals surface area contributed by atoms with E-state index in [-0.39, 0.29) is 23.0 Å². The molecular weight excluding hydrogens is 412 g/mol. The van der Waals surface area contributed by atoms with Gasteiger partial charge in [0.2, 0.25) is 5.91 Å². The number of carbonyl (C=O) groups excluding carboxylic acids is 2. The van der Waals surface area contributed by atoms with Crippen LogP contribution in [0.5, 0.6) is 5.75 Å². The molecule has 3 N–H and O–H groups in total. The third kappa shape index (κ3) is 4.92. The molecule has 5 nitrogen and oxygen atoms in total. The fourth-order valence-electron chi connectivity index (χ4n) is 6.79. The maximum absolute atomic E-state index is 13.1. The van der Waals surface area contributed by atoms with E-state index in [1.807, 2.05) is 36.4 Å². The first-order valence-electron chi connectivity index (χ1n) is 12.4. The zero-order valence-corrected chi connectivity index (χ0v) is 19.2. The Hall–Kier alpha value is -2.82. The molecular formula is C28H34N2O3. The Morgan fingerprint density at radius 2 is 1.39 bits per heavy atom. The fourth-order valence-corrected chi connectivity index (χ4v) is 6.79. The number of hydrogen-bond acceptors (Lipinski definition) is 3. The minimum absolute atomic E-state index is 0.0788. The number of benzene rings is 2. The van der Waals surface area contributed by atoms with Crippen molar-refractivity contribution in [2.45, 2.75) is 57.9 Å². The lowest BCUT2D eigenvalue weighted by molar-refractivity contribution is -0.146. The monoisotopic (exact) mass is 446 g/mol. The molecule has 0 heterocycles. The van der Waals surface area contributed by atoms with Gasteiger partial charge in [0.1, 0.15) is 5.75 Å². The van der Waals surface area contributed by atoms with E-state index in [9.17, 15) is 14.7 Å². The molecule has 33 heavy (non-hydrogen) atoms. The third-order valence-electron chi connectivity index (χ3n) is 8.05. The number of nitrogens with one attached hydrogen (secondary N) is 2. The van der Waals surface area contributed by atoms with E-state index in [0.29, 0.717) is 18.7 Å². The van der Waals surface area contributed by atoms with Crippen molar-refractivity contribution in [2.24, 2.45) is 23.2 Å². The van der Waals surface area contributed by atoms with E-state index in [0.717, 1.165) is 61.0 Å². The zero-order chi connectivity index (χ0) is 22.8. The van der Waals surface area contributed by atoms with Gasteiger partial charge in [-0.2, -0.15) is 0 Å². The first-order valence-corrected chi connectivity index (χ1v) is 12.4. The highest BCUT2D eigenvalue weighted by Crippen LogP contribution is 2.60. The van der Waals surface area contributed by atoms with Gasteiger partial charge in [-0.3, -0.25) is 9.59 Å². The predicted octanol–water partition coefficient (Wildman–Crippen LogP) is 4.59. The summed E-state index contributed by atoms with van der Waals surface area (Å²) >= 11 is 0. The molecule has 4 aliphatic rings. The second kappa shape index (κ2) is 9.20. The molecule has 0 aliphatic heterocycles. The summed E-state index contributed by atoms with van der Waals surface area (Å²) in [5, 5.41) is 15.5. The van der Waals surface area contributed by atoms with Gasteiger partial charge in [0.25, 0.3) is 5.91 Å². The quantitative estimate of drug-likeness (QED) is 0.519. The van der Waals surface area contributed by atoms with Crippen LogP contribution in [0.25, 0.3) is 0 Å². The van der Waals surface area contributed by atoms with Crippen LogP contribution in [-0.4, -0.2) is 23.5 Å². The van der Waals surface area contributed by atoms with Crippen LogP contribution < -0.4 is 10.6 Å².